The van der Waals surface area contributed by atoms with Crippen molar-refractivity contribution in [3.05, 3.63) is 120 Å². The Morgan fingerprint density at radius 3 is 1.98 bits per heavy atom. The molecule has 0 fully saturated rings. The van der Waals surface area contributed by atoms with Crippen LogP contribution in [0, 0.1) is 18.3 Å². The number of hydrogen-bond acceptors (Lipinski definition) is 8. The minimum atomic E-state index is -4.12. The molecule has 1 amide bonds. The van der Waals surface area contributed by atoms with Crippen LogP contribution in [0.5, 0.6) is 5.75 Å². The van der Waals surface area contributed by atoms with Gasteiger partial charge in [0.25, 0.3) is 15.9 Å². The molecule has 0 aliphatic carbocycles. The van der Waals surface area contributed by atoms with Crippen molar-refractivity contribution < 1.29 is 32.3 Å². The second kappa shape index (κ2) is 15.5. The monoisotopic (exact) mass is 601 g/mol. The molecule has 0 saturated carbocycles. The summed E-state index contributed by atoms with van der Waals surface area (Å²) in [5.41, 5.74) is 1.43. The number of aryl methyl sites for hydroxylation is 1. The van der Waals surface area contributed by atoms with Gasteiger partial charge in [0.15, 0.2) is 0 Å². The van der Waals surface area contributed by atoms with E-state index < -0.39 is 27.5 Å². The lowest BCUT2D eigenvalue weighted by atomic mass is 10.1. The van der Waals surface area contributed by atoms with Gasteiger partial charge in [0.05, 0.1) is 17.7 Å². The normalized spacial score (nSPS) is 10.9. The van der Waals surface area contributed by atoms with Gasteiger partial charge < -0.3 is 14.8 Å². The first-order chi connectivity index (χ1) is 20.3. The summed E-state index contributed by atoms with van der Waals surface area (Å²) >= 11 is 0. The maximum Gasteiger partial charge on any atom is 0.338 e. The third-order valence-electron chi connectivity index (χ3n) is 5.40. The minimum absolute atomic E-state index is 0.0220. The fourth-order valence-electron chi connectivity index (χ4n) is 3.19. The summed E-state index contributed by atoms with van der Waals surface area (Å²) in [5.74, 6) is -1.68. The van der Waals surface area contributed by atoms with Crippen LogP contribution in [0.2, 0.25) is 0 Å². The molecule has 0 aliphatic heterocycles. The van der Waals surface area contributed by atoms with Crippen molar-refractivity contribution in [3.8, 4) is 11.8 Å². The third kappa shape index (κ3) is 10.1. The Balaban J connectivity index is 0.000000821. The van der Waals surface area contributed by atoms with E-state index in [0.29, 0.717) is 11.1 Å². The summed E-state index contributed by atoms with van der Waals surface area (Å²) in [5, 5.41) is 12.4. The highest BCUT2D eigenvalue weighted by atomic mass is 32.2. The third-order valence-corrected chi connectivity index (χ3v) is 6.77. The number of carbonyl (C=O) groups excluding carboxylic acids is 3. The lowest BCUT2D eigenvalue weighted by Crippen LogP contribution is -2.26. The number of methoxy groups -OCH3 is 1. The molecule has 222 valence electrons. The molecule has 10 nitrogen and oxygen atoms in total. The lowest BCUT2D eigenvalue weighted by molar-refractivity contribution is -0.136. The van der Waals surface area contributed by atoms with E-state index >= 15 is 0 Å². The fraction of sp³-hybridized carbons (Fsp3) is 0.125. The molecular weight excluding hydrogens is 570 g/mol. The molecule has 0 bridgehead atoms. The Hall–Kier alpha value is -5.47. The number of nitrogens with zero attached hydrogens (tertiary/aromatic N) is 1. The quantitative estimate of drug-likeness (QED) is 0.149. The van der Waals surface area contributed by atoms with Crippen LogP contribution in [-0.4, -0.2) is 33.4 Å². The molecule has 2 N–H and O–H groups in total. The second-order valence-corrected chi connectivity index (χ2v) is 10.8. The summed E-state index contributed by atoms with van der Waals surface area (Å²) in [4.78, 5) is 35.1. The number of nitrogens with one attached hydrogen (secondary N) is 2. The largest absolute Gasteiger partial charge is 0.466 e. The molecule has 0 aliphatic rings. The Kier molecular flexibility index (Phi) is 12.2. The van der Waals surface area contributed by atoms with Gasteiger partial charge in [-0.05, 0) is 45.0 Å². The second-order valence-electron chi connectivity index (χ2n) is 9.07. The van der Waals surface area contributed by atoms with Gasteiger partial charge in [0, 0.05) is 28.5 Å². The van der Waals surface area contributed by atoms with Gasteiger partial charge in [0.2, 0.25) is 0 Å². The molecule has 43 heavy (non-hydrogen) atoms. The fourth-order valence-corrected chi connectivity index (χ4v) is 4.29. The highest BCUT2D eigenvalue weighted by Crippen LogP contribution is 2.23. The van der Waals surface area contributed by atoms with E-state index in [1.54, 1.807) is 55.5 Å². The van der Waals surface area contributed by atoms with Crippen molar-refractivity contribution in [1.29, 1.82) is 5.26 Å². The van der Waals surface area contributed by atoms with Crippen molar-refractivity contribution in [2.75, 3.05) is 12.4 Å². The lowest BCUT2D eigenvalue weighted by Gasteiger charge is -2.15. The highest BCUT2D eigenvalue weighted by molar-refractivity contribution is 7.89. The van der Waals surface area contributed by atoms with Crippen LogP contribution in [0.15, 0.2) is 114 Å². The zero-order valence-electron chi connectivity index (χ0n) is 24.1. The number of esters is 2. The summed E-state index contributed by atoms with van der Waals surface area (Å²) in [7, 11) is -2.79. The van der Waals surface area contributed by atoms with Crippen LogP contribution in [0.4, 0.5) is 5.69 Å². The van der Waals surface area contributed by atoms with Crippen LogP contribution < -0.4 is 14.8 Å². The molecule has 0 unspecified atom stereocenters. The standard InChI is InChI=1S/C27H23N3O5S.C5H8O2/c1-18(2)27(32)35-22-11-7-10-21(16-22)29-26(31)24(17-28)25(20-8-5-4-6-9-20)30-36(33,34)23-14-12-19(3)13-15-23;1-4(2)5(6)7-3/h4-16,30H,1H2,2-3H3,(H,29,31);1H2,2-3H3/b25-24+;. The number of nitriles is 1. The predicted molar refractivity (Wildman–Crippen MR) is 163 cm³/mol. The predicted octanol–water partition coefficient (Wildman–Crippen LogP) is 5.06. The van der Waals surface area contributed by atoms with Gasteiger partial charge in [-0.1, -0.05) is 67.3 Å². The Morgan fingerprint density at radius 2 is 1.47 bits per heavy atom. The number of benzene rings is 3. The van der Waals surface area contributed by atoms with Gasteiger partial charge in [-0.3, -0.25) is 9.52 Å². The van der Waals surface area contributed by atoms with Gasteiger partial charge in [-0.15, -0.1) is 0 Å². The average molecular weight is 602 g/mol. The summed E-state index contributed by atoms with van der Waals surface area (Å²) < 4.78 is 38.0. The van der Waals surface area contributed by atoms with Crippen molar-refractivity contribution in [2.24, 2.45) is 0 Å². The summed E-state index contributed by atoms with van der Waals surface area (Å²) in [6, 6.07) is 22.1. The zero-order valence-corrected chi connectivity index (χ0v) is 24.9. The zero-order chi connectivity index (χ0) is 32.2. The van der Waals surface area contributed by atoms with Crippen LogP contribution in [0.3, 0.4) is 0 Å². The molecule has 0 heterocycles. The van der Waals surface area contributed by atoms with Gasteiger partial charge in [0.1, 0.15) is 17.4 Å². The van der Waals surface area contributed by atoms with Crippen molar-refractivity contribution >= 4 is 39.3 Å². The molecule has 0 atom stereocenters. The molecule has 3 aromatic rings. The van der Waals surface area contributed by atoms with E-state index in [4.69, 9.17) is 4.74 Å². The summed E-state index contributed by atoms with van der Waals surface area (Å²) in [6.07, 6.45) is 0. The van der Waals surface area contributed by atoms with Crippen LogP contribution >= 0.6 is 0 Å². The summed E-state index contributed by atoms with van der Waals surface area (Å²) in [6.45, 7) is 11.8. The van der Waals surface area contributed by atoms with Crippen molar-refractivity contribution in [1.82, 2.24) is 4.72 Å². The van der Waals surface area contributed by atoms with Gasteiger partial charge in [-0.25, -0.2) is 18.0 Å². The van der Waals surface area contributed by atoms with Gasteiger partial charge in [-0.2, -0.15) is 5.26 Å². The Morgan fingerprint density at radius 1 is 0.860 bits per heavy atom. The first kappa shape index (κ1) is 33.7. The minimum Gasteiger partial charge on any atom is -0.466 e. The van der Waals surface area contributed by atoms with Crippen LogP contribution in [0.1, 0.15) is 25.0 Å². The van der Waals surface area contributed by atoms with Crippen LogP contribution in [-0.2, 0) is 29.1 Å². The van der Waals surface area contributed by atoms with Crippen LogP contribution in [0.25, 0.3) is 5.70 Å². The van der Waals surface area contributed by atoms with E-state index in [0.717, 1.165) is 5.56 Å². The van der Waals surface area contributed by atoms with E-state index in [1.807, 2.05) is 13.0 Å². The van der Waals surface area contributed by atoms with Crippen molar-refractivity contribution in [2.45, 2.75) is 25.7 Å². The maximum absolute atomic E-state index is 13.1. The maximum atomic E-state index is 13.1. The highest BCUT2D eigenvalue weighted by Gasteiger charge is 2.23. The first-order valence-electron chi connectivity index (χ1n) is 12.6. The number of rotatable bonds is 9. The molecule has 0 aromatic heterocycles. The Labute approximate surface area is 251 Å². The molecule has 0 spiro atoms. The number of hydrogen-bond donors (Lipinski definition) is 2. The number of anilines is 1. The SMILES string of the molecule is C=C(C)C(=O)OC.C=C(C)C(=O)Oc1cccc(NC(=O)/C(C#N)=C(/NS(=O)(=O)c2ccc(C)cc2)c2ccccc2)c1. The topological polar surface area (TPSA) is 152 Å². The average Bonchev–Trinajstić information content (AvgIpc) is 2.97. The molecular formula is C32H31N3O7S. The number of ether oxygens (including phenoxy) is 2. The van der Waals surface area contributed by atoms with E-state index in [-0.39, 0.29) is 33.6 Å². The number of carbonyl (C=O) groups is 3. The molecule has 11 heteroatoms. The molecule has 0 saturated heterocycles. The molecule has 0 radical (unpaired) electrons. The number of sulfonamides is 1. The van der Waals surface area contributed by atoms with Crippen molar-refractivity contribution in [3.63, 3.8) is 0 Å². The van der Waals surface area contributed by atoms with E-state index in [9.17, 15) is 28.1 Å². The smallest absolute Gasteiger partial charge is 0.338 e. The van der Waals surface area contributed by atoms with Gasteiger partial charge >= 0.3 is 11.9 Å². The molecule has 3 rings (SSSR count). The molecule has 3 aromatic carbocycles. The van der Waals surface area contributed by atoms with E-state index in [1.165, 1.54) is 44.4 Å². The van der Waals surface area contributed by atoms with E-state index in [2.05, 4.69) is 27.9 Å². The number of amides is 1. The Bertz CT molecular complexity index is 1700. The first-order valence-corrected chi connectivity index (χ1v) is 14.1.